The topological polar surface area (TPSA) is 102 Å². The van der Waals surface area contributed by atoms with Crippen LogP contribution in [0.4, 0.5) is 5.69 Å². The van der Waals surface area contributed by atoms with Crippen LogP contribution in [0.1, 0.15) is 17.3 Å². The van der Waals surface area contributed by atoms with Crippen molar-refractivity contribution in [3.05, 3.63) is 72.3 Å². The number of anilines is 1. The summed E-state index contributed by atoms with van der Waals surface area (Å²) >= 11 is 0. The minimum atomic E-state index is -3.88. The van der Waals surface area contributed by atoms with Crippen molar-refractivity contribution in [3.63, 3.8) is 0 Å². The molecule has 2 N–H and O–H groups in total. The van der Waals surface area contributed by atoms with E-state index in [1.807, 2.05) is 24.3 Å². The number of hydrogen-bond acceptors (Lipinski definition) is 5. The number of carbonyl (C=O) groups excluding carboxylic acids is 2. The zero-order valence-electron chi connectivity index (χ0n) is 15.9. The predicted octanol–water partition coefficient (Wildman–Crippen LogP) is 2.93. The SMILES string of the molecule is COC(=O)c1ccc(NC(=O)C(C)NS(=O)(=O)c2ccc3ccccc3c2)cc1. The van der Waals surface area contributed by atoms with Gasteiger partial charge >= 0.3 is 5.97 Å². The summed E-state index contributed by atoms with van der Waals surface area (Å²) in [5, 5.41) is 4.33. The maximum absolute atomic E-state index is 12.7. The number of carbonyl (C=O) groups is 2. The number of amides is 1. The Morgan fingerprint density at radius 1 is 0.931 bits per heavy atom. The molecule has 3 aromatic rings. The summed E-state index contributed by atoms with van der Waals surface area (Å²) in [5.41, 5.74) is 0.773. The number of rotatable bonds is 6. The first-order valence-electron chi connectivity index (χ1n) is 8.80. The highest BCUT2D eigenvalue weighted by atomic mass is 32.2. The summed E-state index contributed by atoms with van der Waals surface area (Å²) in [7, 11) is -2.60. The Bertz CT molecular complexity index is 1160. The van der Waals surface area contributed by atoms with Crippen LogP contribution in [-0.2, 0) is 19.6 Å². The first-order valence-corrected chi connectivity index (χ1v) is 10.3. The van der Waals surface area contributed by atoms with Crippen LogP contribution < -0.4 is 10.0 Å². The van der Waals surface area contributed by atoms with E-state index in [1.54, 1.807) is 12.1 Å². The minimum absolute atomic E-state index is 0.0817. The number of sulfonamides is 1. The molecule has 0 spiro atoms. The number of esters is 1. The van der Waals surface area contributed by atoms with E-state index in [0.717, 1.165) is 10.8 Å². The van der Waals surface area contributed by atoms with Crippen molar-refractivity contribution < 1.29 is 22.7 Å². The van der Waals surface area contributed by atoms with Gasteiger partial charge < -0.3 is 10.1 Å². The van der Waals surface area contributed by atoms with E-state index < -0.39 is 27.9 Å². The van der Waals surface area contributed by atoms with Gasteiger partial charge in [-0.05, 0) is 54.1 Å². The third-order valence-electron chi connectivity index (χ3n) is 4.33. The number of hydrogen-bond donors (Lipinski definition) is 2. The molecule has 0 fully saturated rings. The van der Waals surface area contributed by atoms with Gasteiger partial charge in [-0.15, -0.1) is 0 Å². The number of methoxy groups -OCH3 is 1. The molecule has 1 atom stereocenters. The molecule has 29 heavy (non-hydrogen) atoms. The van der Waals surface area contributed by atoms with Crippen molar-refractivity contribution in [1.29, 1.82) is 0 Å². The lowest BCUT2D eigenvalue weighted by atomic mass is 10.1. The number of nitrogens with one attached hydrogen (secondary N) is 2. The molecule has 0 aromatic heterocycles. The van der Waals surface area contributed by atoms with E-state index in [9.17, 15) is 18.0 Å². The average Bonchev–Trinajstić information content (AvgIpc) is 2.73. The van der Waals surface area contributed by atoms with E-state index in [4.69, 9.17) is 0 Å². The van der Waals surface area contributed by atoms with Gasteiger partial charge in [0.1, 0.15) is 0 Å². The lowest BCUT2D eigenvalue weighted by Gasteiger charge is -2.15. The Kier molecular flexibility index (Phi) is 5.95. The first kappa shape index (κ1) is 20.5. The molecule has 150 valence electrons. The van der Waals surface area contributed by atoms with Crippen LogP contribution in [-0.4, -0.2) is 33.4 Å². The fourth-order valence-corrected chi connectivity index (χ4v) is 3.98. The summed E-state index contributed by atoms with van der Waals surface area (Å²) in [6, 6.07) is 17.3. The van der Waals surface area contributed by atoms with Gasteiger partial charge in [-0.1, -0.05) is 30.3 Å². The normalized spacial score (nSPS) is 12.3. The molecular formula is C21H20N2O5S. The smallest absolute Gasteiger partial charge is 0.337 e. The quantitative estimate of drug-likeness (QED) is 0.606. The van der Waals surface area contributed by atoms with Gasteiger partial charge in [0.15, 0.2) is 0 Å². The van der Waals surface area contributed by atoms with Crippen LogP contribution in [0.15, 0.2) is 71.6 Å². The predicted molar refractivity (Wildman–Crippen MR) is 110 cm³/mol. The molecule has 1 amide bonds. The first-order chi connectivity index (χ1) is 13.8. The molecule has 0 saturated carbocycles. The summed E-state index contributed by atoms with van der Waals surface area (Å²) in [6.45, 7) is 1.46. The van der Waals surface area contributed by atoms with Crippen LogP contribution in [0.2, 0.25) is 0 Å². The maximum Gasteiger partial charge on any atom is 0.337 e. The highest BCUT2D eigenvalue weighted by Crippen LogP contribution is 2.19. The van der Waals surface area contributed by atoms with Crippen molar-refractivity contribution in [1.82, 2.24) is 4.72 Å². The van der Waals surface area contributed by atoms with Gasteiger partial charge in [0.2, 0.25) is 15.9 Å². The van der Waals surface area contributed by atoms with Gasteiger partial charge in [-0.25, -0.2) is 13.2 Å². The van der Waals surface area contributed by atoms with Crippen LogP contribution in [0.25, 0.3) is 10.8 Å². The summed E-state index contributed by atoms with van der Waals surface area (Å²) in [6.07, 6.45) is 0. The van der Waals surface area contributed by atoms with Crippen molar-refractivity contribution >= 4 is 38.4 Å². The highest BCUT2D eigenvalue weighted by molar-refractivity contribution is 7.89. The second kappa shape index (κ2) is 8.42. The molecule has 1 unspecified atom stereocenters. The molecule has 0 saturated heterocycles. The molecule has 0 heterocycles. The van der Waals surface area contributed by atoms with Crippen molar-refractivity contribution in [3.8, 4) is 0 Å². The largest absolute Gasteiger partial charge is 0.465 e. The van der Waals surface area contributed by atoms with E-state index in [1.165, 1.54) is 44.4 Å². The van der Waals surface area contributed by atoms with Crippen LogP contribution in [0.3, 0.4) is 0 Å². The van der Waals surface area contributed by atoms with Gasteiger partial charge in [0.05, 0.1) is 23.6 Å². The molecule has 8 heteroatoms. The lowest BCUT2D eigenvalue weighted by molar-refractivity contribution is -0.117. The van der Waals surface area contributed by atoms with E-state index in [2.05, 4.69) is 14.8 Å². The Morgan fingerprint density at radius 3 is 2.24 bits per heavy atom. The summed E-state index contributed by atoms with van der Waals surface area (Å²) in [5.74, 6) is -1.01. The second-order valence-corrected chi connectivity index (χ2v) is 8.12. The third-order valence-corrected chi connectivity index (χ3v) is 5.87. The summed E-state index contributed by atoms with van der Waals surface area (Å²) < 4.78 is 32.3. The molecule has 0 aliphatic heterocycles. The van der Waals surface area contributed by atoms with E-state index in [0.29, 0.717) is 11.3 Å². The van der Waals surface area contributed by atoms with Crippen molar-refractivity contribution in [2.75, 3.05) is 12.4 Å². The molecule has 0 bridgehead atoms. The Hall–Kier alpha value is -3.23. The third kappa shape index (κ3) is 4.79. The molecule has 3 aromatic carbocycles. The minimum Gasteiger partial charge on any atom is -0.465 e. The van der Waals surface area contributed by atoms with Crippen LogP contribution in [0.5, 0.6) is 0 Å². The lowest BCUT2D eigenvalue weighted by Crippen LogP contribution is -2.41. The second-order valence-electron chi connectivity index (χ2n) is 6.41. The Morgan fingerprint density at radius 2 is 1.59 bits per heavy atom. The van der Waals surface area contributed by atoms with Crippen molar-refractivity contribution in [2.45, 2.75) is 17.9 Å². The highest BCUT2D eigenvalue weighted by Gasteiger charge is 2.22. The number of fused-ring (bicyclic) bond motifs is 1. The number of benzene rings is 3. The Balaban J connectivity index is 1.69. The van der Waals surface area contributed by atoms with Gasteiger partial charge in [0.25, 0.3) is 0 Å². The fraction of sp³-hybridized carbons (Fsp3) is 0.143. The van der Waals surface area contributed by atoms with E-state index >= 15 is 0 Å². The van der Waals surface area contributed by atoms with E-state index in [-0.39, 0.29) is 4.90 Å². The number of ether oxygens (including phenoxy) is 1. The standard InChI is InChI=1S/C21H20N2O5S/c1-14(20(24)22-18-10-7-16(8-11-18)21(25)28-2)23-29(26,27)19-12-9-15-5-3-4-6-17(15)13-19/h3-14,23H,1-2H3,(H,22,24). The van der Waals surface area contributed by atoms with Gasteiger partial charge in [-0.2, -0.15) is 4.72 Å². The monoisotopic (exact) mass is 412 g/mol. The molecule has 7 nitrogen and oxygen atoms in total. The average molecular weight is 412 g/mol. The fourth-order valence-electron chi connectivity index (χ4n) is 2.75. The molecule has 0 aliphatic rings. The Labute approximate surface area is 168 Å². The zero-order valence-corrected chi connectivity index (χ0v) is 16.7. The molecule has 3 rings (SSSR count). The van der Waals surface area contributed by atoms with Crippen molar-refractivity contribution in [2.24, 2.45) is 0 Å². The van der Waals surface area contributed by atoms with Crippen LogP contribution >= 0.6 is 0 Å². The summed E-state index contributed by atoms with van der Waals surface area (Å²) in [4.78, 5) is 23.9. The zero-order chi connectivity index (χ0) is 21.0. The molecular weight excluding hydrogens is 392 g/mol. The van der Waals surface area contributed by atoms with Gasteiger partial charge in [-0.3, -0.25) is 4.79 Å². The molecule has 0 radical (unpaired) electrons. The van der Waals surface area contributed by atoms with Crippen LogP contribution in [0, 0.1) is 0 Å². The van der Waals surface area contributed by atoms with Gasteiger partial charge in [0, 0.05) is 5.69 Å². The molecule has 0 aliphatic carbocycles. The maximum atomic E-state index is 12.7.